The average Bonchev–Trinajstić information content (AvgIpc) is 3.37. The Morgan fingerprint density at radius 2 is 2.00 bits per heavy atom. The third-order valence-corrected chi connectivity index (χ3v) is 6.24. The number of para-hydroxylation sites is 1. The first-order chi connectivity index (χ1) is 18.4. The van der Waals surface area contributed by atoms with E-state index in [1.54, 1.807) is 24.4 Å². The van der Waals surface area contributed by atoms with Crippen molar-refractivity contribution in [3.05, 3.63) is 106 Å². The molecule has 192 valence electrons. The van der Waals surface area contributed by atoms with Crippen LogP contribution in [0.25, 0.3) is 16.5 Å². The van der Waals surface area contributed by atoms with Gasteiger partial charge in [-0.2, -0.15) is 5.10 Å². The van der Waals surface area contributed by atoms with Crippen molar-refractivity contribution in [1.29, 1.82) is 5.41 Å². The van der Waals surface area contributed by atoms with Crippen molar-refractivity contribution in [3.8, 4) is 5.69 Å². The first-order valence-corrected chi connectivity index (χ1v) is 11.8. The first kappa shape index (κ1) is 24.8. The molecule has 5 N–H and O–H groups in total. The Hall–Kier alpha value is -4.90. The molecule has 0 saturated heterocycles. The normalized spacial score (nSPS) is 11.1. The first-order valence-electron chi connectivity index (χ1n) is 11.8. The number of nitrogens with zero attached hydrogens (tertiary/aromatic N) is 5. The standard InChI is InChI=1S/C27H25FN8O2/c1-16-5-4-6-17-11-19(36(27(38)22(16)17)21-8-3-2-7-20(21)28)13-31-26-23(25(30)32-15-33-26)24(29)18-12-34-35(14-18)9-10-37/h2-8,11-12,14-15,29,37H,9-10,13H2,1H3,(H3,30,31,32,33). The summed E-state index contributed by atoms with van der Waals surface area (Å²) < 4.78 is 17.8. The zero-order valence-electron chi connectivity index (χ0n) is 20.5. The number of benzene rings is 2. The number of hydrogen-bond acceptors (Lipinski definition) is 8. The molecule has 0 amide bonds. The summed E-state index contributed by atoms with van der Waals surface area (Å²) in [6.07, 6.45) is 4.39. The highest BCUT2D eigenvalue weighted by Gasteiger charge is 2.20. The molecule has 10 nitrogen and oxygen atoms in total. The summed E-state index contributed by atoms with van der Waals surface area (Å²) >= 11 is 0. The maximum Gasteiger partial charge on any atom is 0.263 e. The van der Waals surface area contributed by atoms with Gasteiger partial charge in [-0.1, -0.05) is 30.3 Å². The zero-order chi connectivity index (χ0) is 26.8. The molecule has 0 bridgehead atoms. The Labute approximate surface area is 216 Å². The lowest BCUT2D eigenvalue weighted by Crippen LogP contribution is -2.25. The SMILES string of the molecule is Cc1cccc2cc(CNc3ncnc(N)c3C(=N)c3cnn(CCO)c3)n(-c3ccccc3F)c(=O)c12. The Kier molecular flexibility index (Phi) is 6.67. The van der Waals surface area contributed by atoms with Crippen LogP contribution < -0.4 is 16.6 Å². The molecule has 0 radical (unpaired) electrons. The molecule has 0 fully saturated rings. The number of anilines is 2. The van der Waals surface area contributed by atoms with Crippen LogP contribution in [0.5, 0.6) is 0 Å². The van der Waals surface area contributed by atoms with E-state index in [0.717, 1.165) is 10.9 Å². The molecular formula is C27H25FN8O2. The van der Waals surface area contributed by atoms with E-state index in [4.69, 9.17) is 16.2 Å². The molecule has 0 aliphatic heterocycles. The van der Waals surface area contributed by atoms with E-state index in [1.165, 1.54) is 27.8 Å². The second-order valence-electron chi connectivity index (χ2n) is 8.69. The van der Waals surface area contributed by atoms with Gasteiger partial charge in [-0.25, -0.2) is 14.4 Å². The van der Waals surface area contributed by atoms with Crippen molar-refractivity contribution in [2.45, 2.75) is 20.0 Å². The number of aryl methyl sites for hydroxylation is 1. The van der Waals surface area contributed by atoms with Gasteiger partial charge in [-0.15, -0.1) is 0 Å². The van der Waals surface area contributed by atoms with Gasteiger partial charge in [0.1, 0.15) is 23.8 Å². The number of hydrogen-bond donors (Lipinski definition) is 4. The van der Waals surface area contributed by atoms with Crippen LogP contribution in [0.4, 0.5) is 16.0 Å². The average molecular weight is 513 g/mol. The zero-order valence-corrected chi connectivity index (χ0v) is 20.5. The molecular weight excluding hydrogens is 487 g/mol. The molecule has 0 aliphatic carbocycles. The second kappa shape index (κ2) is 10.2. The van der Waals surface area contributed by atoms with E-state index in [2.05, 4.69) is 20.4 Å². The van der Waals surface area contributed by atoms with E-state index in [0.29, 0.717) is 16.6 Å². The summed E-state index contributed by atoms with van der Waals surface area (Å²) in [4.78, 5) is 22.0. The molecule has 0 atom stereocenters. The van der Waals surface area contributed by atoms with Crippen molar-refractivity contribution < 1.29 is 9.50 Å². The molecule has 0 spiro atoms. The summed E-state index contributed by atoms with van der Waals surface area (Å²) in [7, 11) is 0. The number of rotatable bonds is 8. The van der Waals surface area contributed by atoms with E-state index in [-0.39, 0.29) is 53.9 Å². The Bertz CT molecular complexity index is 1730. The largest absolute Gasteiger partial charge is 0.394 e. The minimum absolute atomic E-state index is 0.0374. The predicted octanol–water partition coefficient (Wildman–Crippen LogP) is 3.03. The fourth-order valence-corrected chi connectivity index (χ4v) is 4.43. The number of aliphatic hydroxyl groups is 1. The number of nitrogens with two attached hydrogens (primary N) is 1. The van der Waals surface area contributed by atoms with E-state index >= 15 is 0 Å². The summed E-state index contributed by atoms with van der Waals surface area (Å²) in [5, 5.41) is 26.4. The number of nitrogen functional groups attached to an aromatic ring is 1. The third-order valence-electron chi connectivity index (χ3n) is 6.24. The predicted molar refractivity (Wildman–Crippen MR) is 143 cm³/mol. The maximum absolute atomic E-state index is 14.9. The van der Waals surface area contributed by atoms with Crippen molar-refractivity contribution >= 4 is 28.1 Å². The van der Waals surface area contributed by atoms with Crippen LogP contribution in [0.15, 0.2) is 72.0 Å². The highest BCUT2D eigenvalue weighted by atomic mass is 19.1. The Morgan fingerprint density at radius 1 is 1.18 bits per heavy atom. The number of aliphatic hydroxyl groups excluding tert-OH is 1. The maximum atomic E-state index is 14.9. The lowest BCUT2D eigenvalue weighted by Gasteiger charge is -2.18. The molecule has 3 heterocycles. The summed E-state index contributed by atoms with van der Waals surface area (Å²) in [6.45, 7) is 2.12. The van der Waals surface area contributed by atoms with Gasteiger partial charge in [0.2, 0.25) is 0 Å². The van der Waals surface area contributed by atoms with Gasteiger partial charge >= 0.3 is 0 Å². The van der Waals surface area contributed by atoms with Crippen molar-refractivity contribution in [2.24, 2.45) is 0 Å². The number of nitrogens with one attached hydrogen (secondary N) is 2. The van der Waals surface area contributed by atoms with Gasteiger partial charge in [-0.3, -0.25) is 19.5 Å². The highest BCUT2D eigenvalue weighted by molar-refractivity contribution is 6.16. The van der Waals surface area contributed by atoms with Gasteiger partial charge in [-0.05, 0) is 36.1 Å². The molecule has 38 heavy (non-hydrogen) atoms. The van der Waals surface area contributed by atoms with Crippen LogP contribution in [-0.4, -0.2) is 41.7 Å². The molecule has 5 aromatic rings. The summed E-state index contributed by atoms with van der Waals surface area (Å²) in [6, 6.07) is 13.5. The quantitative estimate of drug-likeness (QED) is 0.234. The van der Waals surface area contributed by atoms with E-state index < -0.39 is 5.82 Å². The van der Waals surface area contributed by atoms with Gasteiger partial charge in [0, 0.05) is 17.5 Å². The molecule has 2 aromatic carbocycles. The minimum Gasteiger partial charge on any atom is -0.394 e. The van der Waals surface area contributed by atoms with Gasteiger partial charge in [0.15, 0.2) is 0 Å². The number of halogens is 1. The van der Waals surface area contributed by atoms with Gasteiger partial charge in [0.25, 0.3) is 5.56 Å². The monoisotopic (exact) mass is 512 g/mol. The van der Waals surface area contributed by atoms with Crippen molar-refractivity contribution in [3.63, 3.8) is 0 Å². The van der Waals surface area contributed by atoms with Gasteiger partial charge in [0.05, 0.1) is 48.2 Å². The van der Waals surface area contributed by atoms with E-state index in [1.807, 2.05) is 31.2 Å². The molecule has 0 aliphatic rings. The fourth-order valence-electron chi connectivity index (χ4n) is 4.43. The number of fused-ring (bicyclic) bond motifs is 1. The van der Waals surface area contributed by atoms with Crippen LogP contribution in [-0.2, 0) is 13.1 Å². The van der Waals surface area contributed by atoms with Crippen LogP contribution >= 0.6 is 0 Å². The highest BCUT2D eigenvalue weighted by Crippen LogP contribution is 2.24. The topological polar surface area (TPSA) is 148 Å². The molecule has 0 saturated carbocycles. The molecule has 3 aromatic heterocycles. The molecule has 5 rings (SSSR count). The minimum atomic E-state index is -0.530. The van der Waals surface area contributed by atoms with Gasteiger partial charge < -0.3 is 16.2 Å². The summed E-state index contributed by atoms with van der Waals surface area (Å²) in [5.41, 5.74) is 7.98. The molecule has 0 unspecified atom stereocenters. The van der Waals surface area contributed by atoms with Crippen molar-refractivity contribution in [1.82, 2.24) is 24.3 Å². The van der Waals surface area contributed by atoms with Crippen LogP contribution in [0.3, 0.4) is 0 Å². The lowest BCUT2D eigenvalue weighted by atomic mass is 10.1. The van der Waals surface area contributed by atoms with Crippen LogP contribution in [0.2, 0.25) is 0 Å². The number of pyridine rings is 1. The van der Waals surface area contributed by atoms with Crippen LogP contribution in [0, 0.1) is 18.2 Å². The Morgan fingerprint density at radius 3 is 2.79 bits per heavy atom. The van der Waals surface area contributed by atoms with Crippen LogP contribution in [0.1, 0.15) is 22.4 Å². The third kappa shape index (κ3) is 4.50. The van der Waals surface area contributed by atoms with E-state index in [9.17, 15) is 9.18 Å². The second-order valence-corrected chi connectivity index (χ2v) is 8.69. The molecule has 11 heteroatoms. The smallest absolute Gasteiger partial charge is 0.263 e. The Balaban J connectivity index is 1.58. The fraction of sp³-hybridized carbons (Fsp3) is 0.148. The number of aromatic nitrogens is 5. The lowest BCUT2D eigenvalue weighted by molar-refractivity contribution is 0.269. The van der Waals surface area contributed by atoms with Crippen molar-refractivity contribution in [2.75, 3.05) is 17.7 Å². The summed E-state index contributed by atoms with van der Waals surface area (Å²) in [5.74, 6) is -0.172.